The average Bonchev–Trinajstić information content (AvgIpc) is 2.15. The fourth-order valence-electron chi connectivity index (χ4n) is 1.04. The molecule has 0 heterocycles. The number of allylic oxidation sites excluding steroid dienone is 1. The molecule has 0 spiro atoms. The molecule has 1 aromatic rings. The lowest BCUT2D eigenvalue weighted by Gasteiger charge is -2.11. The first-order valence-corrected chi connectivity index (χ1v) is 4.88. The van der Waals surface area contributed by atoms with Crippen molar-refractivity contribution < 1.29 is 13.2 Å². The minimum Gasteiger partial charge on any atom is -0.166 e. The molecule has 0 saturated heterocycles. The maximum absolute atomic E-state index is 12.4. The summed E-state index contributed by atoms with van der Waals surface area (Å²) in [6.45, 7) is 3.55. The van der Waals surface area contributed by atoms with Gasteiger partial charge in [0.25, 0.3) is 0 Å². The zero-order valence-corrected chi connectivity index (χ0v) is 9.05. The molecule has 0 nitrogen and oxygen atoms in total. The predicted octanol–water partition coefficient (Wildman–Crippen LogP) is 4.61. The molecule has 0 fully saturated rings. The van der Waals surface area contributed by atoms with Crippen molar-refractivity contribution >= 4 is 28.8 Å². The summed E-state index contributed by atoms with van der Waals surface area (Å²) < 4.78 is 37.3. The van der Waals surface area contributed by atoms with E-state index in [9.17, 15) is 13.2 Å². The highest BCUT2D eigenvalue weighted by Crippen LogP contribution is 2.36. The van der Waals surface area contributed by atoms with Gasteiger partial charge in [0.05, 0.1) is 10.6 Å². The lowest BCUT2D eigenvalue weighted by atomic mass is 10.1. The number of hydrogen-bond acceptors (Lipinski definition) is 0. The Kier molecular flexibility index (Phi) is 3.68. The zero-order valence-electron chi connectivity index (χ0n) is 7.54. The summed E-state index contributed by atoms with van der Waals surface area (Å²) in [6.07, 6.45) is -4.46. The van der Waals surface area contributed by atoms with Crippen molar-refractivity contribution in [3.63, 3.8) is 0 Å². The van der Waals surface area contributed by atoms with Crippen LogP contribution in [0, 0.1) is 0 Å². The van der Waals surface area contributed by atoms with Gasteiger partial charge in [-0.3, -0.25) is 0 Å². The Morgan fingerprint density at radius 1 is 1.33 bits per heavy atom. The van der Waals surface area contributed by atoms with Gasteiger partial charge in [-0.25, -0.2) is 0 Å². The Morgan fingerprint density at radius 2 is 1.93 bits per heavy atom. The monoisotopic (exact) mass is 254 g/mol. The van der Waals surface area contributed by atoms with Gasteiger partial charge in [0.2, 0.25) is 0 Å². The SMILES string of the molecule is C=C(CCl)c1ccc(Cl)c(C(F)(F)F)c1. The van der Waals surface area contributed by atoms with Crippen molar-refractivity contribution in [3.8, 4) is 0 Å². The second-order valence-electron chi connectivity index (χ2n) is 2.93. The van der Waals surface area contributed by atoms with Crippen LogP contribution in [0.5, 0.6) is 0 Å². The number of hydrogen-bond donors (Lipinski definition) is 0. The number of alkyl halides is 4. The van der Waals surface area contributed by atoms with Crippen LogP contribution in [0.15, 0.2) is 24.8 Å². The summed E-state index contributed by atoms with van der Waals surface area (Å²) in [5.74, 6) is 0.0823. The van der Waals surface area contributed by atoms with Crippen LogP contribution in [0.3, 0.4) is 0 Å². The van der Waals surface area contributed by atoms with E-state index >= 15 is 0 Å². The van der Waals surface area contributed by atoms with E-state index in [-0.39, 0.29) is 10.9 Å². The molecular weight excluding hydrogens is 248 g/mol. The Morgan fingerprint density at radius 3 is 2.40 bits per heavy atom. The van der Waals surface area contributed by atoms with Crippen LogP contribution >= 0.6 is 23.2 Å². The quantitative estimate of drug-likeness (QED) is 0.677. The topological polar surface area (TPSA) is 0 Å². The first-order valence-electron chi connectivity index (χ1n) is 3.97. The third-order valence-electron chi connectivity index (χ3n) is 1.84. The Balaban J connectivity index is 3.23. The number of halogens is 5. The zero-order chi connectivity index (χ0) is 11.6. The van der Waals surface area contributed by atoms with Crippen molar-refractivity contribution in [3.05, 3.63) is 40.9 Å². The molecule has 1 aromatic carbocycles. The molecule has 82 valence electrons. The van der Waals surface area contributed by atoms with Crippen LogP contribution in [0.25, 0.3) is 5.57 Å². The van der Waals surface area contributed by atoms with Crippen molar-refractivity contribution in [2.75, 3.05) is 5.88 Å². The minimum absolute atomic E-state index is 0.0823. The maximum Gasteiger partial charge on any atom is 0.417 e. The van der Waals surface area contributed by atoms with E-state index in [0.29, 0.717) is 11.1 Å². The molecule has 0 bridgehead atoms. The van der Waals surface area contributed by atoms with E-state index in [1.807, 2.05) is 0 Å². The van der Waals surface area contributed by atoms with Gasteiger partial charge in [0.15, 0.2) is 0 Å². The smallest absolute Gasteiger partial charge is 0.166 e. The van der Waals surface area contributed by atoms with Crippen LogP contribution < -0.4 is 0 Å². The lowest BCUT2D eigenvalue weighted by molar-refractivity contribution is -0.137. The third-order valence-corrected chi connectivity index (χ3v) is 2.49. The molecule has 15 heavy (non-hydrogen) atoms. The summed E-state index contributed by atoms with van der Waals surface area (Å²) in [5.41, 5.74) is -0.0894. The fourth-order valence-corrected chi connectivity index (χ4v) is 1.42. The van der Waals surface area contributed by atoms with E-state index in [1.165, 1.54) is 12.1 Å². The highest BCUT2D eigenvalue weighted by molar-refractivity contribution is 6.31. The molecule has 0 aliphatic rings. The summed E-state index contributed by atoms with van der Waals surface area (Å²) in [5, 5.41) is -0.325. The van der Waals surface area contributed by atoms with Crippen LogP contribution in [0.1, 0.15) is 11.1 Å². The van der Waals surface area contributed by atoms with E-state index in [2.05, 4.69) is 6.58 Å². The van der Waals surface area contributed by atoms with Crippen molar-refractivity contribution in [2.45, 2.75) is 6.18 Å². The predicted molar refractivity (Wildman–Crippen MR) is 56.2 cm³/mol. The Hall–Kier alpha value is -0.670. The second kappa shape index (κ2) is 4.45. The van der Waals surface area contributed by atoms with Gasteiger partial charge in [-0.15, -0.1) is 11.6 Å². The lowest BCUT2D eigenvalue weighted by Crippen LogP contribution is -2.06. The highest BCUT2D eigenvalue weighted by Gasteiger charge is 2.33. The number of benzene rings is 1. The molecule has 0 aromatic heterocycles. The molecule has 0 N–H and O–H groups in total. The van der Waals surface area contributed by atoms with E-state index < -0.39 is 11.7 Å². The standard InChI is InChI=1S/C10H7Cl2F3/c1-6(5-11)7-2-3-9(12)8(4-7)10(13,14)15/h2-4H,1,5H2. The number of rotatable bonds is 2. The fraction of sp³-hybridized carbons (Fsp3) is 0.200. The summed E-state index contributed by atoms with van der Waals surface area (Å²) in [6, 6.07) is 3.60. The second-order valence-corrected chi connectivity index (χ2v) is 3.60. The Labute approximate surface area is 95.3 Å². The van der Waals surface area contributed by atoms with Gasteiger partial charge in [0, 0.05) is 5.88 Å². The van der Waals surface area contributed by atoms with Gasteiger partial charge in [0.1, 0.15) is 0 Å². The molecule has 0 amide bonds. The van der Waals surface area contributed by atoms with Crippen LogP contribution in [0.2, 0.25) is 5.02 Å². The molecule has 0 aliphatic heterocycles. The average molecular weight is 255 g/mol. The minimum atomic E-state index is -4.46. The molecule has 0 unspecified atom stereocenters. The first kappa shape index (κ1) is 12.4. The van der Waals surface area contributed by atoms with Crippen LogP contribution in [-0.2, 0) is 6.18 Å². The maximum atomic E-state index is 12.4. The Bertz CT molecular complexity index is 383. The molecule has 5 heteroatoms. The van der Waals surface area contributed by atoms with Crippen molar-refractivity contribution in [1.29, 1.82) is 0 Å². The van der Waals surface area contributed by atoms with E-state index in [0.717, 1.165) is 6.07 Å². The molecule has 0 saturated carbocycles. The highest BCUT2D eigenvalue weighted by atomic mass is 35.5. The third kappa shape index (κ3) is 2.89. The van der Waals surface area contributed by atoms with E-state index in [1.54, 1.807) is 0 Å². The van der Waals surface area contributed by atoms with Gasteiger partial charge in [-0.05, 0) is 23.3 Å². The van der Waals surface area contributed by atoms with Gasteiger partial charge in [-0.2, -0.15) is 13.2 Å². The van der Waals surface area contributed by atoms with Crippen LogP contribution in [-0.4, -0.2) is 5.88 Å². The van der Waals surface area contributed by atoms with Crippen molar-refractivity contribution in [1.82, 2.24) is 0 Å². The molecule has 1 rings (SSSR count). The van der Waals surface area contributed by atoms with Gasteiger partial charge < -0.3 is 0 Å². The van der Waals surface area contributed by atoms with Gasteiger partial charge in [-0.1, -0.05) is 24.2 Å². The molecular formula is C10H7Cl2F3. The van der Waals surface area contributed by atoms with Gasteiger partial charge >= 0.3 is 6.18 Å². The normalized spacial score (nSPS) is 11.5. The van der Waals surface area contributed by atoms with E-state index in [4.69, 9.17) is 23.2 Å². The summed E-state index contributed by atoms with van der Waals surface area (Å²) in [7, 11) is 0. The van der Waals surface area contributed by atoms with Crippen molar-refractivity contribution in [2.24, 2.45) is 0 Å². The molecule has 0 radical (unpaired) electrons. The summed E-state index contributed by atoms with van der Waals surface area (Å²) in [4.78, 5) is 0. The first-order chi connectivity index (χ1) is 6.86. The van der Waals surface area contributed by atoms with Crippen LogP contribution in [0.4, 0.5) is 13.2 Å². The molecule has 0 aliphatic carbocycles. The molecule has 0 atom stereocenters. The summed E-state index contributed by atoms with van der Waals surface area (Å²) >= 11 is 10.9. The largest absolute Gasteiger partial charge is 0.417 e.